The molecule has 3 nitrogen and oxygen atoms in total. The Labute approximate surface area is 158 Å². The van der Waals surface area contributed by atoms with Crippen LogP contribution in [0, 0.1) is 6.92 Å². The quantitative estimate of drug-likeness (QED) is 0.712. The van der Waals surface area contributed by atoms with Gasteiger partial charge in [-0.15, -0.1) is 0 Å². The van der Waals surface area contributed by atoms with Crippen LogP contribution in [0.3, 0.4) is 0 Å². The van der Waals surface area contributed by atoms with Gasteiger partial charge in [0, 0.05) is 24.1 Å². The van der Waals surface area contributed by atoms with Crippen LogP contribution in [0.2, 0.25) is 0 Å². The van der Waals surface area contributed by atoms with Crippen LogP contribution in [0.4, 0.5) is 0 Å². The highest BCUT2D eigenvalue weighted by molar-refractivity contribution is 9.10. The first-order chi connectivity index (χ1) is 12.1. The Morgan fingerprint density at radius 1 is 1.08 bits per heavy atom. The monoisotopic (exact) mass is 403 g/mol. The van der Waals surface area contributed by atoms with Crippen molar-refractivity contribution in [1.29, 1.82) is 0 Å². The molecule has 1 saturated heterocycles. The minimum Gasteiger partial charge on any atom is -0.493 e. The third-order valence-electron chi connectivity index (χ3n) is 4.88. The summed E-state index contributed by atoms with van der Waals surface area (Å²) in [5.41, 5.74) is 3.57. The van der Waals surface area contributed by atoms with Gasteiger partial charge >= 0.3 is 0 Å². The van der Waals surface area contributed by atoms with E-state index in [2.05, 4.69) is 58.1 Å². The lowest BCUT2D eigenvalue weighted by Crippen LogP contribution is -2.36. The van der Waals surface area contributed by atoms with E-state index in [0.29, 0.717) is 0 Å². The standard InChI is InChI=1S/C21H26BrNO2/c1-16-18(19-6-2-3-8-20(19)22)7-4-9-21(16)25-15-5-12-23-13-10-17(24)11-14-23/h2-4,6-9,17,24H,5,10-15H2,1H3. The summed E-state index contributed by atoms with van der Waals surface area (Å²) in [5, 5.41) is 9.56. The van der Waals surface area contributed by atoms with Gasteiger partial charge in [0.25, 0.3) is 0 Å². The van der Waals surface area contributed by atoms with Crippen molar-refractivity contribution < 1.29 is 9.84 Å². The van der Waals surface area contributed by atoms with Crippen LogP contribution in [0.1, 0.15) is 24.8 Å². The van der Waals surface area contributed by atoms with Gasteiger partial charge in [-0.2, -0.15) is 0 Å². The molecule has 1 fully saturated rings. The maximum atomic E-state index is 9.56. The van der Waals surface area contributed by atoms with E-state index < -0.39 is 0 Å². The lowest BCUT2D eigenvalue weighted by Gasteiger charge is -2.29. The predicted molar refractivity (Wildman–Crippen MR) is 106 cm³/mol. The van der Waals surface area contributed by atoms with Gasteiger partial charge in [0.1, 0.15) is 5.75 Å². The highest BCUT2D eigenvalue weighted by atomic mass is 79.9. The summed E-state index contributed by atoms with van der Waals surface area (Å²) < 4.78 is 7.16. The number of likely N-dealkylation sites (tertiary alicyclic amines) is 1. The van der Waals surface area contributed by atoms with Crippen LogP contribution >= 0.6 is 15.9 Å². The van der Waals surface area contributed by atoms with E-state index in [9.17, 15) is 5.11 Å². The van der Waals surface area contributed by atoms with E-state index in [-0.39, 0.29) is 6.10 Å². The van der Waals surface area contributed by atoms with Crippen molar-refractivity contribution in [1.82, 2.24) is 4.90 Å². The van der Waals surface area contributed by atoms with Crippen molar-refractivity contribution in [2.45, 2.75) is 32.3 Å². The van der Waals surface area contributed by atoms with Crippen molar-refractivity contribution in [3.05, 3.63) is 52.5 Å². The number of ether oxygens (including phenoxy) is 1. The molecular formula is C21H26BrNO2. The van der Waals surface area contributed by atoms with Crippen LogP contribution < -0.4 is 4.74 Å². The zero-order valence-corrected chi connectivity index (χ0v) is 16.3. The molecule has 25 heavy (non-hydrogen) atoms. The number of piperidine rings is 1. The van der Waals surface area contributed by atoms with Gasteiger partial charge in [0.05, 0.1) is 12.7 Å². The zero-order valence-electron chi connectivity index (χ0n) is 14.7. The first-order valence-corrected chi connectivity index (χ1v) is 9.82. The molecule has 0 atom stereocenters. The zero-order chi connectivity index (χ0) is 17.6. The van der Waals surface area contributed by atoms with Crippen LogP contribution in [0.5, 0.6) is 5.75 Å². The second-order valence-corrected chi connectivity index (χ2v) is 7.54. The molecule has 1 aliphatic rings. The number of rotatable bonds is 6. The fraction of sp³-hybridized carbons (Fsp3) is 0.429. The lowest BCUT2D eigenvalue weighted by atomic mass is 10.00. The van der Waals surface area contributed by atoms with Crippen LogP contribution in [-0.2, 0) is 0 Å². The predicted octanol–water partition coefficient (Wildman–Crippen LogP) is 4.65. The summed E-state index contributed by atoms with van der Waals surface area (Å²) in [4.78, 5) is 2.42. The van der Waals surface area contributed by atoms with Gasteiger partial charge in [-0.1, -0.05) is 46.3 Å². The minimum atomic E-state index is -0.102. The molecule has 2 aromatic rings. The summed E-state index contributed by atoms with van der Waals surface area (Å²) in [6, 6.07) is 14.5. The summed E-state index contributed by atoms with van der Waals surface area (Å²) in [7, 11) is 0. The largest absolute Gasteiger partial charge is 0.493 e. The number of aliphatic hydroxyl groups is 1. The molecule has 4 heteroatoms. The molecule has 0 aromatic heterocycles. The van der Waals surface area contributed by atoms with Crippen LogP contribution in [0.15, 0.2) is 46.9 Å². The van der Waals surface area contributed by atoms with E-state index >= 15 is 0 Å². The third kappa shape index (κ3) is 4.84. The molecule has 0 unspecified atom stereocenters. The molecule has 0 amide bonds. The number of benzene rings is 2. The molecule has 0 bridgehead atoms. The molecule has 0 aliphatic carbocycles. The Hall–Kier alpha value is -1.36. The van der Waals surface area contributed by atoms with Crippen molar-refractivity contribution in [2.24, 2.45) is 0 Å². The minimum absolute atomic E-state index is 0.102. The second-order valence-electron chi connectivity index (χ2n) is 6.68. The van der Waals surface area contributed by atoms with Crippen molar-refractivity contribution >= 4 is 15.9 Å². The van der Waals surface area contributed by atoms with Gasteiger partial charge in [-0.3, -0.25) is 0 Å². The second kappa shape index (κ2) is 8.84. The highest BCUT2D eigenvalue weighted by Crippen LogP contribution is 2.34. The van der Waals surface area contributed by atoms with Crippen molar-refractivity contribution in [3.8, 4) is 16.9 Å². The number of aliphatic hydroxyl groups excluding tert-OH is 1. The first-order valence-electron chi connectivity index (χ1n) is 9.03. The summed E-state index contributed by atoms with van der Waals surface area (Å²) in [5.74, 6) is 0.960. The Kier molecular flexibility index (Phi) is 6.51. The highest BCUT2D eigenvalue weighted by Gasteiger charge is 2.16. The third-order valence-corrected chi connectivity index (χ3v) is 5.57. The summed E-state index contributed by atoms with van der Waals surface area (Å²) in [6.45, 7) is 5.88. The Morgan fingerprint density at radius 3 is 2.56 bits per heavy atom. The molecule has 2 aromatic carbocycles. The maximum absolute atomic E-state index is 9.56. The Balaban J connectivity index is 1.57. The summed E-state index contributed by atoms with van der Waals surface area (Å²) in [6.07, 6.45) is 2.70. The average Bonchev–Trinajstić information content (AvgIpc) is 2.62. The number of hydrogen-bond acceptors (Lipinski definition) is 3. The lowest BCUT2D eigenvalue weighted by molar-refractivity contribution is 0.0800. The number of nitrogens with zero attached hydrogens (tertiary/aromatic N) is 1. The average molecular weight is 404 g/mol. The van der Waals surface area contributed by atoms with Crippen molar-refractivity contribution in [2.75, 3.05) is 26.2 Å². The van der Waals surface area contributed by atoms with Gasteiger partial charge in [-0.05, 0) is 55.0 Å². The number of halogens is 1. The van der Waals surface area contributed by atoms with Gasteiger partial charge in [0.2, 0.25) is 0 Å². The van der Waals surface area contributed by atoms with Gasteiger partial charge < -0.3 is 14.7 Å². The maximum Gasteiger partial charge on any atom is 0.122 e. The van der Waals surface area contributed by atoms with Crippen LogP contribution in [0.25, 0.3) is 11.1 Å². The van der Waals surface area contributed by atoms with E-state index in [0.717, 1.165) is 55.7 Å². The molecular weight excluding hydrogens is 378 g/mol. The summed E-state index contributed by atoms with van der Waals surface area (Å²) >= 11 is 3.64. The smallest absolute Gasteiger partial charge is 0.122 e. The topological polar surface area (TPSA) is 32.7 Å². The van der Waals surface area contributed by atoms with E-state index in [1.807, 2.05) is 12.1 Å². The molecule has 0 radical (unpaired) electrons. The molecule has 1 heterocycles. The van der Waals surface area contributed by atoms with Crippen molar-refractivity contribution in [3.63, 3.8) is 0 Å². The van der Waals surface area contributed by atoms with E-state index in [1.165, 1.54) is 16.7 Å². The van der Waals surface area contributed by atoms with Crippen LogP contribution in [-0.4, -0.2) is 42.4 Å². The molecule has 3 rings (SSSR count). The fourth-order valence-electron chi connectivity index (χ4n) is 3.36. The Morgan fingerprint density at radius 2 is 1.80 bits per heavy atom. The molecule has 1 aliphatic heterocycles. The normalized spacial score (nSPS) is 16.1. The fourth-order valence-corrected chi connectivity index (χ4v) is 3.85. The first kappa shape index (κ1) is 18.4. The SMILES string of the molecule is Cc1c(OCCCN2CCC(O)CC2)cccc1-c1ccccc1Br. The molecule has 0 spiro atoms. The Bertz CT molecular complexity index is 696. The van der Waals surface area contributed by atoms with E-state index in [1.54, 1.807) is 0 Å². The molecule has 0 saturated carbocycles. The molecule has 134 valence electrons. The van der Waals surface area contributed by atoms with Gasteiger partial charge in [0.15, 0.2) is 0 Å². The number of hydrogen-bond donors (Lipinski definition) is 1. The van der Waals surface area contributed by atoms with E-state index in [4.69, 9.17) is 4.74 Å². The van der Waals surface area contributed by atoms with Gasteiger partial charge in [-0.25, -0.2) is 0 Å². The molecule has 1 N–H and O–H groups in total.